The van der Waals surface area contributed by atoms with Crippen LogP contribution in [0.1, 0.15) is 52.9 Å². The smallest absolute Gasteiger partial charge is 0.325 e. The number of carboxylic acids is 1. The third kappa shape index (κ3) is 4.63. The minimum absolute atomic E-state index is 0.0201. The maximum absolute atomic E-state index is 13.2. The van der Waals surface area contributed by atoms with Gasteiger partial charge < -0.3 is 26.0 Å². The maximum atomic E-state index is 13.2. The van der Waals surface area contributed by atoms with Gasteiger partial charge in [0.05, 0.1) is 6.04 Å². The van der Waals surface area contributed by atoms with Crippen molar-refractivity contribution in [2.24, 2.45) is 11.7 Å². The molecule has 5 unspecified atom stereocenters. The summed E-state index contributed by atoms with van der Waals surface area (Å²) in [5.41, 5.74) is 6.09. The molecule has 3 amide bonds. The number of nitrogens with two attached hydrogens (primary N) is 1. The van der Waals surface area contributed by atoms with Crippen molar-refractivity contribution in [1.82, 2.24) is 15.1 Å². The second kappa shape index (κ2) is 9.36. The van der Waals surface area contributed by atoms with Gasteiger partial charge in [0.1, 0.15) is 18.1 Å². The first kappa shape index (κ1) is 22.1. The summed E-state index contributed by atoms with van der Waals surface area (Å²) in [6.07, 6.45) is 3.19. The monoisotopic (exact) mass is 396 g/mol. The van der Waals surface area contributed by atoms with Crippen LogP contribution in [0.3, 0.4) is 0 Å². The molecule has 0 aromatic rings. The first-order valence-corrected chi connectivity index (χ1v) is 10.1. The molecule has 0 aliphatic carbocycles. The second-order valence-electron chi connectivity index (χ2n) is 7.86. The maximum Gasteiger partial charge on any atom is 0.325 e. The number of carboxylic acid groups (broad SMARTS) is 1. The van der Waals surface area contributed by atoms with E-state index in [1.165, 1.54) is 11.8 Å². The zero-order valence-corrected chi connectivity index (χ0v) is 16.9. The largest absolute Gasteiger partial charge is 0.480 e. The average Bonchev–Trinajstić information content (AvgIpc) is 3.34. The average molecular weight is 396 g/mol. The minimum Gasteiger partial charge on any atom is -0.480 e. The Labute approximate surface area is 165 Å². The normalized spacial score (nSPS) is 25.3. The molecule has 2 aliphatic heterocycles. The number of carbonyl (C=O) groups is 4. The summed E-state index contributed by atoms with van der Waals surface area (Å²) in [6.45, 7) is 6.18. The molecule has 9 heteroatoms. The van der Waals surface area contributed by atoms with E-state index in [0.29, 0.717) is 32.4 Å². The van der Waals surface area contributed by atoms with E-state index in [0.717, 1.165) is 12.8 Å². The number of nitrogens with zero attached hydrogens (tertiary/aromatic N) is 2. The Bertz CT molecular complexity index is 625. The molecule has 2 rings (SSSR count). The highest BCUT2D eigenvalue weighted by Gasteiger charge is 2.43. The third-order valence-corrected chi connectivity index (χ3v) is 5.93. The van der Waals surface area contributed by atoms with Crippen LogP contribution in [0.15, 0.2) is 0 Å². The van der Waals surface area contributed by atoms with Crippen LogP contribution >= 0.6 is 0 Å². The van der Waals surface area contributed by atoms with Gasteiger partial charge >= 0.3 is 5.97 Å². The van der Waals surface area contributed by atoms with E-state index < -0.39 is 36.0 Å². The van der Waals surface area contributed by atoms with Crippen molar-refractivity contribution >= 4 is 23.7 Å². The van der Waals surface area contributed by atoms with E-state index >= 15 is 0 Å². The predicted molar refractivity (Wildman–Crippen MR) is 102 cm³/mol. The number of carbonyl (C=O) groups excluding carboxylic acids is 3. The zero-order valence-electron chi connectivity index (χ0n) is 16.9. The molecule has 158 valence electrons. The number of hydrogen-bond acceptors (Lipinski definition) is 5. The molecule has 0 spiro atoms. The Hall–Kier alpha value is -2.16. The van der Waals surface area contributed by atoms with Crippen LogP contribution in [0.5, 0.6) is 0 Å². The third-order valence-electron chi connectivity index (χ3n) is 5.93. The van der Waals surface area contributed by atoms with Crippen LogP contribution in [-0.2, 0) is 19.2 Å². The lowest BCUT2D eigenvalue weighted by Crippen LogP contribution is -2.56. The van der Waals surface area contributed by atoms with Crippen LogP contribution in [0.4, 0.5) is 0 Å². The molecule has 4 N–H and O–H groups in total. The Morgan fingerprint density at radius 2 is 1.64 bits per heavy atom. The SMILES string of the molecule is CCC(C)C(N)C(=O)N1CCCC1C(=O)N1CCCC1C(=O)NC(C)C(=O)O. The van der Waals surface area contributed by atoms with Crippen molar-refractivity contribution in [2.75, 3.05) is 13.1 Å². The summed E-state index contributed by atoms with van der Waals surface area (Å²) in [6, 6.07) is -2.97. The summed E-state index contributed by atoms with van der Waals surface area (Å²) in [5.74, 6) is -2.04. The van der Waals surface area contributed by atoms with Crippen LogP contribution in [0.2, 0.25) is 0 Å². The predicted octanol–water partition coefficient (Wildman–Crippen LogP) is -0.0689. The van der Waals surface area contributed by atoms with E-state index in [9.17, 15) is 19.2 Å². The van der Waals surface area contributed by atoms with Gasteiger partial charge in [-0.3, -0.25) is 19.2 Å². The number of hydrogen-bond donors (Lipinski definition) is 3. The summed E-state index contributed by atoms with van der Waals surface area (Å²) >= 11 is 0. The van der Waals surface area contributed by atoms with Gasteiger partial charge in [-0.25, -0.2) is 0 Å². The van der Waals surface area contributed by atoms with Gasteiger partial charge in [0.15, 0.2) is 0 Å². The molecule has 0 aromatic heterocycles. The van der Waals surface area contributed by atoms with Gasteiger partial charge in [-0.05, 0) is 38.5 Å². The lowest BCUT2D eigenvalue weighted by molar-refractivity contribution is -0.148. The van der Waals surface area contributed by atoms with Crippen molar-refractivity contribution in [3.05, 3.63) is 0 Å². The molecule has 5 atom stereocenters. The lowest BCUT2D eigenvalue weighted by atomic mass is 9.98. The van der Waals surface area contributed by atoms with E-state index in [1.807, 2.05) is 13.8 Å². The van der Waals surface area contributed by atoms with E-state index in [-0.39, 0.29) is 17.7 Å². The molecule has 2 saturated heterocycles. The van der Waals surface area contributed by atoms with Crippen molar-refractivity contribution < 1.29 is 24.3 Å². The van der Waals surface area contributed by atoms with Gasteiger partial charge in [-0.15, -0.1) is 0 Å². The molecular formula is C19H32N4O5. The molecule has 0 bridgehead atoms. The quantitative estimate of drug-likeness (QED) is 0.552. The molecule has 9 nitrogen and oxygen atoms in total. The topological polar surface area (TPSA) is 133 Å². The molecule has 28 heavy (non-hydrogen) atoms. The summed E-state index contributed by atoms with van der Waals surface area (Å²) < 4.78 is 0. The van der Waals surface area contributed by atoms with Crippen LogP contribution in [-0.4, -0.2) is 75.9 Å². The molecule has 2 heterocycles. The molecular weight excluding hydrogens is 364 g/mol. The van der Waals surface area contributed by atoms with Crippen molar-refractivity contribution in [1.29, 1.82) is 0 Å². The van der Waals surface area contributed by atoms with Gasteiger partial charge in [0, 0.05) is 13.1 Å². The molecule has 0 aromatic carbocycles. The van der Waals surface area contributed by atoms with Gasteiger partial charge in [-0.2, -0.15) is 0 Å². The number of rotatable bonds is 7. The van der Waals surface area contributed by atoms with Crippen molar-refractivity contribution in [3.63, 3.8) is 0 Å². The Kier molecular flexibility index (Phi) is 7.40. The first-order chi connectivity index (χ1) is 13.2. The highest BCUT2D eigenvalue weighted by atomic mass is 16.4. The Morgan fingerprint density at radius 1 is 1.07 bits per heavy atom. The minimum atomic E-state index is -1.13. The van der Waals surface area contributed by atoms with Crippen molar-refractivity contribution in [2.45, 2.75) is 77.0 Å². The molecule has 0 saturated carbocycles. The van der Waals surface area contributed by atoms with Crippen LogP contribution in [0, 0.1) is 5.92 Å². The first-order valence-electron chi connectivity index (χ1n) is 10.1. The van der Waals surface area contributed by atoms with Crippen molar-refractivity contribution in [3.8, 4) is 0 Å². The van der Waals surface area contributed by atoms with Gasteiger partial charge in [0.2, 0.25) is 17.7 Å². The zero-order chi connectivity index (χ0) is 21.0. The number of amides is 3. The summed E-state index contributed by atoms with van der Waals surface area (Å²) in [5, 5.41) is 11.4. The Balaban J connectivity index is 2.09. The number of nitrogens with one attached hydrogen (secondary N) is 1. The lowest BCUT2D eigenvalue weighted by Gasteiger charge is -2.33. The second-order valence-corrected chi connectivity index (χ2v) is 7.86. The van der Waals surface area contributed by atoms with Gasteiger partial charge in [-0.1, -0.05) is 20.3 Å². The van der Waals surface area contributed by atoms with E-state index in [1.54, 1.807) is 4.90 Å². The molecule has 2 aliphatic rings. The highest BCUT2D eigenvalue weighted by molar-refractivity contribution is 5.94. The van der Waals surface area contributed by atoms with Crippen LogP contribution in [0.25, 0.3) is 0 Å². The number of aliphatic carboxylic acids is 1. The van der Waals surface area contributed by atoms with Crippen LogP contribution < -0.4 is 11.1 Å². The molecule has 2 fully saturated rings. The molecule has 0 radical (unpaired) electrons. The standard InChI is InChI=1S/C19H32N4O5/c1-4-11(2)15(20)18(26)23-10-6-8-14(23)17(25)22-9-5-7-13(22)16(24)21-12(3)19(27)28/h11-15H,4-10,20H2,1-3H3,(H,21,24)(H,27,28). The highest BCUT2D eigenvalue weighted by Crippen LogP contribution is 2.26. The fraction of sp³-hybridized carbons (Fsp3) is 0.789. The van der Waals surface area contributed by atoms with E-state index in [2.05, 4.69) is 5.32 Å². The van der Waals surface area contributed by atoms with E-state index in [4.69, 9.17) is 10.8 Å². The summed E-state index contributed by atoms with van der Waals surface area (Å²) in [7, 11) is 0. The van der Waals surface area contributed by atoms with Gasteiger partial charge in [0.25, 0.3) is 0 Å². The summed E-state index contributed by atoms with van der Waals surface area (Å²) in [4.78, 5) is 52.5. The fourth-order valence-corrected chi connectivity index (χ4v) is 3.84. The fourth-order valence-electron chi connectivity index (χ4n) is 3.84. The number of likely N-dealkylation sites (tertiary alicyclic amines) is 2. The Morgan fingerprint density at radius 3 is 2.21 bits per heavy atom.